The number of furan rings is 1. The standard InChI is InChI=1S/C14H17FO3/c1-4-17-14(2,3)13(16)12-8-9-7-10(15)5-6-11(9)18-12/h5-8,13,16H,4H2,1-3H3. The number of fused-ring (bicyclic) bond motifs is 1. The third kappa shape index (κ3) is 2.40. The predicted octanol–water partition coefficient (Wildman–Crippen LogP) is 3.42. The van der Waals surface area contributed by atoms with E-state index in [-0.39, 0.29) is 5.82 Å². The van der Waals surface area contributed by atoms with E-state index in [1.165, 1.54) is 12.1 Å². The lowest BCUT2D eigenvalue weighted by Gasteiger charge is -2.28. The van der Waals surface area contributed by atoms with Crippen LogP contribution in [-0.2, 0) is 4.74 Å². The summed E-state index contributed by atoms with van der Waals surface area (Å²) in [6.45, 7) is 5.94. The minimum absolute atomic E-state index is 0.326. The van der Waals surface area contributed by atoms with Gasteiger partial charge < -0.3 is 14.3 Å². The summed E-state index contributed by atoms with van der Waals surface area (Å²) >= 11 is 0. The Bertz CT molecular complexity index is 545. The van der Waals surface area contributed by atoms with Crippen molar-refractivity contribution < 1.29 is 18.7 Å². The summed E-state index contributed by atoms with van der Waals surface area (Å²) in [6, 6.07) is 5.90. The highest BCUT2D eigenvalue weighted by molar-refractivity contribution is 5.78. The number of aliphatic hydroxyl groups is 1. The monoisotopic (exact) mass is 252 g/mol. The van der Waals surface area contributed by atoms with E-state index in [1.807, 2.05) is 6.92 Å². The van der Waals surface area contributed by atoms with Crippen LogP contribution in [0.4, 0.5) is 4.39 Å². The van der Waals surface area contributed by atoms with Crippen molar-refractivity contribution in [3.8, 4) is 0 Å². The van der Waals surface area contributed by atoms with Crippen LogP contribution in [0.1, 0.15) is 32.6 Å². The topological polar surface area (TPSA) is 42.6 Å². The number of rotatable bonds is 4. The van der Waals surface area contributed by atoms with Crippen molar-refractivity contribution in [1.29, 1.82) is 0 Å². The summed E-state index contributed by atoms with van der Waals surface area (Å²) in [5.74, 6) is 0.0578. The second-order valence-corrected chi connectivity index (χ2v) is 4.77. The first kappa shape index (κ1) is 13.1. The molecule has 4 heteroatoms. The molecule has 0 aliphatic heterocycles. The van der Waals surface area contributed by atoms with Gasteiger partial charge in [0, 0.05) is 12.0 Å². The summed E-state index contributed by atoms with van der Waals surface area (Å²) < 4.78 is 24.1. The first-order valence-electron chi connectivity index (χ1n) is 5.95. The fraction of sp³-hybridized carbons (Fsp3) is 0.429. The van der Waals surface area contributed by atoms with Crippen molar-refractivity contribution in [2.75, 3.05) is 6.61 Å². The van der Waals surface area contributed by atoms with Gasteiger partial charge in [-0.1, -0.05) is 0 Å². The van der Waals surface area contributed by atoms with Gasteiger partial charge >= 0.3 is 0 Å². The van der Waals surface area contributed by atoms with Gasteiger partial charge in [-0.15, -0.1) is 0 Å². The van der Waals surface area contributed by atoms with Crippen LogP contribution >= 0.6 is 0 Å². The molecule has 2 aromatic rings. The van der Waals surface area contributed by atoms with Crippen LogP contribution in [0.15, 0.2) is 28.7 Å². The Morgan fingerprint density at radius 2 is 2.11 bits per heavy atom. The van der Waals surface area contributed by atoms with E-state index in [0.29, 0.717) is 23.3 Å². The summed E-state index contributed by atoms with van der Waals surface area (Å²) in [4.78, 5) is 0. The van der Waals surface area contributed by atoms with Gasteiger partial charge in [-0.2, -0.15) is 0 Å². The van der Waals surface area contributed by atoms with Crippen LogP contribution in [-0.4, -0.2) is 17.3 Å². The molecule has 1 atom stereocenters. The van der Waals surface area contributed by atoms with Gasteiger partial charge in [0.1, 0.15) is 23.3 Å². The van der Waals surface area contributed by atoms with Crippen molar-refractivity contribution in [1.82, 2.24) is 0 Å². The number of ether oxygens (including phenoxy) is 1. The molecule has 3 nitrogen and oxygen atoms in total. The molecule has 0 fully saturated rings. The lowest BCUT2D eigenvalue weighted by molar-refractivity contribution is -0.105. The average molecular weight is 252 g/mol. The summed E-state index contributed by atoms with van der Waals surface area (Å²) in [6.07, 6.45) is -0.895. The SMILES string of the molecule is CCOC(C)(C)C(O)c1cc2cc(F)ccc2o1. The smallest absolute Gasteiger partial charge is 0.140 e. The highest BCUT2D eigenvalue weighted by Crippen LogP contribution is 2.32. The molecule has 18 heavy (non-hydrogen) atoms. The quantitative estimate of drug-likeness (QED) is 0.906. The molecule has 1 aromatic carbocycles. The zero-order valence-corrected chi connectivity index (χ0v) is 10.7. The Morgan fingerprint density at radius 3 is 2.78 bits per heavy atom. The third-order valence-electron chi connectivity index (χ3n) is 2.94. The molecule has 0 amide bonds. The Balaban J connectivity index is 2.36. The largest absolute Gasteiger partial charge is 0.458 e. The Labute approximate surface area is 105 Å². The molecule has 1 heterocycles. The Hall–Kier alpha value is -1.39. The van der Waals surface area contributed by atoms with Crippen molar-refractivity contribution in [3.05, 3.63) is 35.8 Å². The van der Waals surface area contributed by atoms with Crippen LogP contribution < -0.4 is 0 Å². The molecule has 1 unspecified atom stereocenters. The molecule has 0 saturated heterocycles. The summed E-state index contributed by atoms with van der Waals surface area (Å²) in [5.41, 5.74) is -0.195. The minimum atomic E-state index is -0.895. The van der Waals surface area contributed by atoms with Gasteiger partial charge in [0.05, 0.1) is 5.60 Å². The van der Waals surface area contributed by atoms with Crippen LogP contribution in [0.2, 0.25) is 0 Å². The molecule has 0 spiro atoms. The molecular weight excluding hydrogens is 235 g/mol. The van der Waals surface area contributed by atoms with E-state index in [0.717, 1.165) is 0 Å². The van der Waals surface area contributed by atoms with Crippen molar-refractivity contribution in [2.24, 2.45) is 0 Å². The zero-order valence-electron chi connectivity index (χ0n) is 10.7. The number of benzene rings is 1. The molecule has 2 rings (SSSR count). The lowest BCUT2D eigenvalue weighted by Crippen LogP contribution is -2.32. The van der Waals surface area contributed by atoms with Crippen molar-refractivity contribution in [2.45, 2.75) is 32.5 Å². The molecule has 0 bridgehead atoms. The molecule has 0 aliphatic rings. The van der Waals surface area contributed by atoms with Gasteiger partial charge in [0.25, 0.3) is 0 Å². The maximum atomic E-state index is 13.1. The molecule has 98 valence electrons. The number of halogens is 1. The van der Waals surface area contributed by atoms with Crippen LogP contribution in [0.3, 0.4) is 0 Å². The molecule has 0 saturated carbocycles. The fourth-order valence-electron chi connectivity index (χ4n) is 1.96. The first-order valence-corrected chi connectivity index (χ1v) is 5.95. The molecule has 1 N–H and O–H groups in total. The number of aliphatic hydroxyl groups excluding tert-OH is 1. The van der Waals surface area contributed by atoms with E-state index in [9.17, 15) is 9.50 Å². The van der Waals surface area contributed by atoms with Gasteiger partial charge in [-0.3, -0.25) is 0 Å². The van der Waals surface area contributed by atoms with E-state index < -0.39 is 11.7 Å². The van der Waals surface area contributed by atoms with Crippen LogP contribution in [0.5, 0.6) is 0 Å². The summed E-state index contributed by atoms with van der Waals surface area (Å²) in [7, 11) is 0. The van der Waals surface area contributed by atoms with E-state index in [1.54, 1.807) is 26.0 Å². The highest BCUT2D eigenvalue weighted by Gasteiger charge is 2.32. The van der Waals surface area contributed by atoms with Crippen molar-refractivity contribution in [3.63, 3.8) is 0 Å². The fourth-order valence-corrected chi connectivity index (χ4v) is 1.96. The normalized spacial score (nSPS) is 14.1. The lowest BCUT2D eigenvalue weighted by atomic mass is 9.99. The van der Waals surface area contributed by atoms with Crippen LogP contribution in [0, 0.1) is 5.82 Å². The molecule has 1 aromatic heterocycles. The van der Waals surface area contributed by atoms with Gasteiger partial charge in [0.2, 0.25) is 0 Å². The van der Waals surface area contributed by atoms with Crippen LogP contribution in [0.25, 0.3) is 11.0 Å². The molecule has 0 radical (unpaired) electrons. The van der Waals surface area contributed by atoms with Gasteiger partial charge in [0.15, 0.2) is 0 Å². The number of hydrogen-bond donors (Lipinski definition) is 1. The minimum Gasteiger partial charge on any atom is -0.458 e. The summed E-state index contributed by atoms with van der Waals surface area (Å²) in [5, 5.41) is 10.9. The van der Waals surface area contributed by atoms with E-state index in [2.05, 4.69) is 0 Å². The Morgan fingerprint density at radius 1 is 1.39 bits per heavy atom. The van der Waals surface area contributed by atoms with Gasteiger partial charge in [-0.05, 0) is 45.0 Å². The second kappa shape index (κ2) is 4.71. The third-order valence-corrected chi connectivity index (χ3v) is 2.94. The molecular formula is C14H17FO3. The van der Waals surface area contributed by atoms with E-state index in [4.69, 9.17) is 9.15 Å². The highest BCUT2D eigenvalue weighted by atomic mass is 19.1. The number of hydrogen-bond acceptors (Lipinski definition) is 3. The van der Waals surface area contributed by atoms with E-state index >= 15 is 0 Å². The Kier molecular flexibility index (Phi) is 3.41. The zero-order chi connectivity index (χ0) is 13.3. The first-order chi connectivity index (χ1) is 8.44. The second-order valence-electron chi connectivity index (χ2n) is 4.77. The predicted molar refractivity (Wildman–Crippen MR) is 66.8 cm³/mol. The maximum absolute atomic E-state index is 13.1. The van der Waals surface area contributed by atoms with Gasteiger partial charge in [-0.25, -0.2) is 4.39 Å². The van der Waals surface area contributed by atoms with Crippen molar-refractivity contribution >= 4 is 11.0 Å². The molecule has 0 aliphatic carbocycles. The average Bonchev–Trinajstić information content (AvgIpc) is 2.70. The maximum Gasteiger partial charge on any atom is 0.140 e.